The molecule has 0 aliphatic carbocycles. The highest BCUT2D eigenvalue weighted by atomic mass is 16.5. The Kier molecular flexibility index (Phi) is 10.7. The van der Waals surface area contributed by atoms with Crippen LogP contribution in [-0.4, -0.2) is 13.1 Å². The summed E-state index contributed by atoms with van der Waals surface area (Å²) in [7, 11) is 1.44. The number of esters is 1. The second-order valence-electron chi connectivity index (χ2n) is 3.79. The Bertz CT molecular complexity index is 173. The van der Waals surface area contributed by atoms with Gasteiger partial charge in [-0.2, -0.15) is 0 Å². The summed E-state index contributed by atoms with van der Waals surface area (Å²) >= 11 is 0. The highest BCUT2D eigenvalue weighted by Crippen LogP contribution is 2.04. The Hall–Kier alpha value is -0.790. The second kappa shape index (κ2) is 11.3. The van der Waals surface area contributed by atoms with Crippen molar-refractivity contribution in [3.63, 3.8) is 0 Å². The van der Waals surface area contributed by atoms with Crippen LogP contribution in [0, 0.1) is 0 Å². The minimum Gasteiger partial charge on any atom is -0.469 e. The lowest BCUT2D eigenvalue weighted by Gasteiger charge is -1.97. The topological polar surface area (TPSA) is 26.3 Å². The van der Waals surface area contributed by atoms with Gasteiger partial charge in [-0.25, -0.2) is 0 Å². The SMILES string of the molecule is CCCCC/C=C\CCCCC(=O)OC. The zero-order chi connectivity index (χ0) is 11.4. The van der Waals surface area contributed by atoms with E-state index < -0.39 is 0 Å². The lowest BCUT2D eigenvalue weighted by Crippen LogP contribution is -1.98. The van der Waals surface area contributed by atoms with Crippen LogP contribution in [0.3, 0.4) is 0 Å². The Morgan fingerprint density at radius 2 is 1.67 bits per heavy atom. The molecule has 0 aromatic carbocycles. The lowest BCUT2D eigenvalue weighted by molar-refractivity contribution is -0.140. The molecule has 0 saturated heterocycles. The Morgan fingerprint density at radius 3 is 2.20 bits per heavy atom. The molecule has 0 N–H and O–H groups in total. The first-order valence-corrected chi connectivity index (χ1v) is 6.03. The first-order valence-electron chi connectivity index (χ1n) is 6.03. The third kappa shape index (κ3) is 11.1. The fourth-order valence-electron chi connectivity index (χ4n) is 1.38. The van der Waals surface area contributed by atoms with Gasteiger partial charge in [0, 0.05) is 6.42 Å². The lowest BCUT2D eigenvalue weighted by atomic mass is 10.1. The van der Waals surface area contributed by atoms with Gasteiger partial charge in [0.15, 0.2) is 0 Å². The fraction of sp³-hybridized carbons (Fsp3) is 0.769. The van der Waals surface area contributed by atoms with Gasteiger partial charge in [-0.15, -0.1) is 0 Å². The summed E-state index contributed by atoms with van der Waals surface area (Å²) in [5, 5.41) is 0. The number of hydrogen-bond acceptors (Lipinski definition) is 2. The van der Waals surface area contributed by atoms with Crippen LogP contribution in [-0.2, 0) is 9.53 Å². The van der Waals surface area contributed by atoms with Crippen LogP contribution in [0.2, 0.25) is 0 Å². The first-order chi connectivity index (χ1) is 7.31. The van der Waals surface area contributed by atoms with Gasteiger partial charge < -0.3 is 4.74 Å². The van der Waals surface area contributed by atoms with Crippen LogP contribution in [0.1, 0.15) is 58.3 Å². The summed E-state index contributed by atoms with van der Waals surface area (Å²) in [6.45, 7) is 2.22. The van der Waals surface area contributed by atoms with E-state index in [0.717, 1.165) is 19.3 Å². The number of ether oxygens (including phenoxy) is 1. The van der Waals surface area contributed by atoms with Gasteiger partial charge in [-0.05, 0) is 32.1 Å². The van der Waals surface area contributed by atoms with Crippen molar-refractivity contribution in [3.8, 4) is 0 Å². The molecular formula is C13H24O2. The molecule has 0 atom stereocenters. The van der Waals surface area contributed by atoms with Gasteiger partial charge in [0.1, 0.15) is 0 Å². The molecule has 88 valence electrons. The van der Waals surface area contributed by atoms with Gasteiger partial charge in [0.05, 0.1) is 7.11 Å². The molecule has 0 heterocycles. The normalized spacial score (nSPS) is 10.8. The van der Waals surface area contributed by atoms with Gasteiger partial charge >= 0.3 is 5.97 Å². The third-order valence-corrected chi connectivity index (χ3v) is 2.37. The van der Waals surface area contributed by atoms with E-state index in [4.69, 9.17) is 0 Å². The maximum absolute atomic E-state index is 10.8. The van der Waals surface area contributed by atoms with E-state index in [-0.39, 0.29) is 5.97 Å². The molecule has 0 radical (unpaired) electrons. The van der Waals surface area contributed by atoms with E-state index in [9.17, 15) is 4.79 Å². The molecule has 0 aromatic rings. The van der Waals surface area contributed by atoms with Crippen LogP contribution >= 0.6 is 0 Å². The molecule has 0 unspecified atom stereocenters. The largest absolute Gasteiger partial charge is 0.469 e. The van der Waals surface area contributed by atoms with E-state index in [2.05, 4.69) is 23.8 Å². The van der Waals surface area contributed by atoms with Crippen LogP contribution in [0.4, 0.5) is 0 Å². The van der Waals surface area contributed by atoms with Crippen LogP contribution in [0.25, 0.3) is 0 Å². The molecule has 0 aliphatic heterocycles. The molecule has 0 bridgehead atoms. The predicted octanol–water partition coefficient (Wildman–Crippen LogP) is 3.86. The number of carbonyl (C=O) groups is 1. The zero-order valence-electron chi connectivity index (χ0n) is 10.1. The Morgan fingerprint density at radius 1 is 1.07 bits per heavy atom. The summed E-state index contributed by atoms with van der Waals surface area (Å²) in [6.07, 6.45) is 13.3. The zero-order valence-corrected chi connectivity index (χ0v) is 10.1. The molecule has 0 saturated carbocycles. The highest BCUT2D eigenvalue weighted by molar-refractivity contribution is 5.68. The molecule has 0 rings (SSSR count). The summed E-state index contributed by atoms with van der Waals surface area (Å²) in [6, 6.07) is 0. The minimum absolute atomic E-state index is 0.0954. The predicted molar refractivity (Wildman–Crippen MR) is 63.8 cm³/mol. The number of methoxy groups -OCH3 is 1. The van der Waals surface area contributed by atoms with Crippen molar-refractivity contribution in [2.24, 2.45) is 0 Å². The number of unbranched alkanes of at least 4 members (excludes halogenated alkanes) is 5. The van der Waals surface area contributed by atoms with E-state index in [1.54, 1.807) is 0 Å². The van der Waals surface area contributed by atoms with E-state index >= 15 is 0 Å². The second-order valence-corrected chi connectivity index (χ2v) is 3.79. The number of rotatable bonds is 9. The Balaban J connectivity index is 3.13. The van der Waals surface area contributed by atoms with Gasteiger partial charge in [-0.1, -0.05) is 31.9 Å². The molecule has 0 aliphatic rings. The molecule has 0 aromatic heterocycles. The monoisotopic (exact) mass is 212 g/mol. The summed E-state index contributed by atoms with van der Waals surface area (Å²) in [5.74, 6) is -0.0954. The Labute approximate surface area is 93.7 Å². The van der Waals surface area contributed by atoms with Crippen molar-refractivity contribution < 1.29 is 9.53 Å². The molecule has 2 nitrogen and oxygen atoms in total. The van der Waals surface area contributed by atoms with Crippen molar-refractivity contribution in [1.82, 2.24) is 0 Å². The standard InChI is InChI=1S/C13H24O2/c1-3-4-5-6-7-8-9-10-11-12-13(14)15-2/h7-8H,3-6,9-12H2,1-2H3/b8-7-. The van der Waals surface area contributed by atoms with Crippen molar-refractivity contribution in [2.75, 3.05) is 7.11 Å². The maximum atomic E-state index is 10.8. The fourth-order valence-corrected chi connectivity index (χ4v) is 1.38. The summed E-state index contributed by atoms with van der Waals surface area (Å²) < 4.78 is 4.57. The average molecular weight is 212 g/mol. The minimum atomic E-state index is -0.0954. The highest BCUT2D eigenvalue weighted by Gasteiger charge is 1.97. The molecule has 0 amide bonds. The molecule has 15 heavy (non-hydrogen) atoms. The van der Waals surface area contributed by atoms with Crippen LogP contribution < -0.4 is 0 Å². The van der Waals surface area contributed by atoms with Crippen molar-refractivity contribution in [1.29, 1.82) is 0 Å². The molecule has 2 heteroatoms. The van der Waals surface area contributed by atoms with E-state index in [1.165, 1.54) is 32.8 Å². The number of allylic oxidation sites excluding steroid dienone is 2. The number of hydrogen-bond donors (Lipinski definition) is 0. The quantitative estimate of drug-likeness (QED) is 0.329. The van der Waals surface area contributed by atoms with Crippen LogP contribution in [0.5, 0.6) is 0 Å². The maximum Gasteiger partial charge on any atom is 0.305 e. The molecular weight excluding hydrogens is 188 g/mol. The van der Waals surface area contributed by atoms with Crippen LogP contribution in [0.15, 0.2) is 12.2 Å². The number of carbonyl (C=O) groups excluding carboxylic acids is 1. The van der Waals surface area contributed by atoms with Crippen molar-refractivity contribution in [3.05, 3.63) is 12.2 Å². The van der Waals surface area contributed by atoms with Crippen molar-refractivity contribution in [2.45, 2.75) is 58.3 Å². The first kappa shape index (κ1) is 14.2. The van der Waals surface area contributed by atoms with Gasteiger partial charge in [-0.3, -0.25) is 4.79 Å². The summed E-state index contributed by atoms with van der Waals surface area (Å²) in [4.78, 5) is 10.8. The van der Waals surface area contributed by atoms with Gasteiger partial charge in [0.25, 0.3) is 0 Å². The average Bonchev–Trinajstić information content (AvgIpc) is 2.26. The van der Waals surface area contributed by atoms with Crippen molar-refractivity contribution >= 4 is 5.97 Å². The third-order valence-electron chi connectivity index (χ3n) is 2.37. The van der Waals surface area contributed by atoms with E-state index in [0.29, 0.717) is 6.42 Å². The molecule has 0 fully saturated rings. The smallest absolute Gasteiger partial charge is 0.305 e. The van der Waals surface area contributed by atoms with E-state index in [1.807, 2.05) is 0 Å². The molecule has 0 spiro atoms. The van der Waals surface area contributed by atoms with Gasteiger partial charge in [0.2, 0.25) is 0 Å². The summed E-state index contributed by atoms with van der Waals surface area (Å²) in [5.41, 5.74) is 0.